The third-order valence-corrected chi connectivity index (χ3v) is 0.777. The average molecular weight is 172 g/mol. The Balaban J connectivity index is 3.68. The van der Waals surface area contributed by atoms with Gasteiger partial charge in [-0.1, -0.05) is 6.58 Å². The van der Waals surface area contributed by atoms with E-state index in [1.54, 1.807) is 27.7 Å². The molecule has 0 saturated carbocycles. The van der Waals surface area contributed by atoms with Gasteiger partial charge in [0.05, 0.1) is 0 Å². The van der Waals surface area contributed by atoms with Crippen molar-refractivity contribution in [2.45, 2.75) is 33.3 Å². The lowest BCUT2D eigenvalue weighted by molar-refractivity contribution is 0.0506. The predicted octanol–water partition coefficient (Wildman–Crippen LogP) is 1.55. The van der Waals surface area contributed by atoms with Gasteiger partial charge in [-0.2, -0.15) is 0 Å². The van der Waals surface area contributed by atoms with E-state index in [0.29, 0.717) is 5.70 Å². The van der Waals surface area contributed by atoms with Gasteiger partial charge in [0.25, 0.3) is 0 Å². The van der Waals surface area contributed by atoms with Crippen LogP contribution >= 0.6 is 0 Å². The molecule has 0 aromatic heterocycles. The second-order valence-corrected chi connectivity index (χ2v) is 3.53. The first-order valence-electron chi connectivity index (χ1n) is 3.72. The lowest BCUT2D eigenvalue weighted by atomic mass is 10.2. The van der Waals surface area contributed by atoms with Crippen molar-refractivity contribution >= 4 is 6.09 Å². The number of carbonyl (C=O) groups is 1. The van der Waals surface area contributed by atoms with Crippen LogP contribution in [0.2, 0.25) is 0 Å². The minimum atomic E-state index is -0.509. The molecule has 0 unspecified atom stereocenters. The molecule has 0 aliphatic carbocycles. The zero-order valence-corrected chi connectivity index (χ0v) is 8.02. The molecule has 0 aliphatic heterocycles. The number of allylic oxidation sites excluding steroid dienone is 1. The van der Waals surface area contributed by atoms with Crippen molar-refractivity contribution in [3.05, 3.63) is 12.3 Å². The fraction of sp³-hybridized carbons (Fsp3) is 0.625. The minimum Gasteiger partial charge on any atom is -0.443 e. The number of hydrazine groups is 1. The number of rotatable bonds is 2. The Bertz CT molecular complexity index is 182. The van der Waals surface area contributed by atoms with Crippen LogP contribution in [0.5, 0.6) is 0 Å². The van der Waals surface area contributed by atoms with E-state index in [2.05, 4.69) is 17.4 Å². The largest absolute Gasteiger partial charge is 0.443 e. The van der Waals surface area contributed by atoms with Crippen LogP contribution in [0.25, 0.3) is 0 Å². The van der Waals surface area contributed by atoms with Crippen LogP contribution in [-0.2, 0) is 4.74 Å². The van der Waals surface area contributed by atoms with Crippen molar-refractivity contribution in [1.82, 2.24) is 10.9 Å². The van der Waals surface area contributed by atoms with E-state index in [9.17, 15) is 4.79 Å². The molecular weight excluding hydrogens is 156 g/mol. The molecule has 0 aromatic carbocycles. The van der Waals surface area contributed by atoms with Gasteiger partial charge in [0.15, 0.2) is 0 Å². The second-order valence-electron chi connectivity index (χ2n) is 3.53. The van der Waals surface area contributed by atoms with Crippen LogP contribution in [-0.4, -0.2) is 11.7 Å². The Kier molecular flexibility index (Phi) is 3.60. The van der Waals surface area contributed by atoms with Gasteiger partial charge in [0.1, 0.15) is 5.60 Å². The van der Waals surface area contributed by atoms with Crippen LogP contribution in [0.3, 0.4) is 0 Å². The number of hydrogen-bond acceptors (Lipinski definition) is 3. The fourth-order valence-corrected chi connectivity index (χ4v) is 0.461. The summed E-state index contributed by atoms with van der Waals surface area (Å²) in [7, 11) is 0. The quantitative estimate of drug-likeness (QED) is 0.621. The molecule has 0 bridgehead atoms. The molecular formula is C8H16N2O2. The van der Waals surface area contributed by atoms with Crippen LogP contribution in [0.1, 0.15) is 27.7 Å². The lowest BCUT2D eigenvalue weighted by Gasteiger charge is -2.19. The standard InChI is InChI=1S/C8H16N2O2/c1-6(2)9-10-7(11)12-8(3,4)5/h9H,1H2,2-5H3,(H,10,11). The third kappa shape index (κ3) is 6.92. The van der Waals surface area contributed by atoms with Gasteiger partial charge in [-0.15, -0.1) is 0 Å². The number of amides is 1. The maximum Gasteiger partial charge on any atom is 0.426 e. The topological polar surface area (TPSA) is 50.4 Å². The highest BCUT2D eigenvalue weighted by atomic mass is 16.6. The molecule has 0 fully saturated rings. The summed E-state index contributed by atoms with van der Waals surface area (Å²) in [6.07, 6.45) is -0.509. The molecule has 0 radical (unpaired) electrons. The molecule has 0 saturated heterocycles. The molecule has 4 nitrogen and oxygen atoms in total. The first-order chi connectivity index (χ1) is 5.31. The SMILES string of the molecule is C=C(C)NNC(=O)OC(C)(C)C. The van der Waals surface area contributed by atoms with E-state index in [0.717, 1.165) is 0 Å². The molecule has 4 heteroatoms. The molecule has 12 heavy (non-hydrogen) atoms. The highest BCUT2D eigenvalue weighted by Crippen LogP contribution is 2.05. The smallest absolute Gasteiger partial charge is 0.426 e. The third-order valence-electron chi connectivity index (χ3n) is 0.777. The lowest BCUT2D eigenvalue weighted by Crippen LogP contribution is -2.39. The van der Waals surface area contributed by atoms with E-state index >= 15 is 0 Å². The normalized spacial score (nSPS) is 10.3. The molecule has 0 spiro atoms. The summed E-state index contributed by atoms with van der Waals surface area (Å²) in [4.78, 5) is 10.9. The highest BCUT2D eigenvalue weighted by molar-refractivity contribution is 5.67. The van der Waals surface area contributed by atoms with Crippen molar-refractivity contribution in [1.29, 1.82) is 0 Å². The van der Waals surface area contributed by atoms with Gasteiger partial charge in [0, 0.05) is 5.70 Å². The summed E-state index contributed by atoms with van der Waals surface area (Å²) in [5.74, 6) is 0. The van der Waals surface area contributed by atoms with Crippen LogP contribution in [0, 0.1) is 0 Å². The highest BCUT2D eigenvalue weighted by Gasteiger charge is 2.15. The molecule has 0 aliphatic rings. The number of hydrogen-bond donors (Lipinski definition) is 2. The van der Waals surface area contributed by atoms with E-state index in [-0.39, 0.29) is 0 Å². The van der Waals surface area contributed by atoms with Crippen molar-refractivity contribution in [2.24, 2.45) is 0 Å². The zero-order valence-electron chi connectivity index (χ0n) is 8.02. The first kappa shape index (κ1) is 10.8. The van der Waals surface area contributed by atoms with Gasteiger partial charge in [-0.3, -0.25) is 0 Å². The fourth-order valence-electron chi connectivity index (χ4n) is 0.461. The Hall–Kier alpha value is -1.19. The summed E-state index contributed by atoms with van der Waals surface area (Å²) in [5.41, 5.74) is 5.06. The molecule has 0 rings (SSSR count). The Labute approximate surface area is 72.9 Å². The molecule has 0 atom stereocenters. The van der Waals surface area contributed by atoms with Crippen LogP contribution in [0.4, 0.5) is 4.79 Å². The number of carbonyl (C=O) groups excluding carboxylic acids is 1. The second kappa shape index (κ2) is 3.99. The molecule has 0 aromatic rings. The van der Waals surface area contributed by atoms with E-state index < -0.39 is 11.7 Å². The van der Waals surface area contributed by atoms with Crippen LogP contribution < -0.4 is 10.9 Å². The average Bonchev–Trinajstić information content (AvgIpc) is 1.79. The minimum absolute atomic E-state index is 0.471. The predicted molar refractivity (Wildman–Crippen MR) is 47.3 cm³/mol. The van der Waals surface area contributed by atoms with Gasteiger partial charge < -0.3 is 10.2 Å². The van der Waals surface area contributed by atoms with Crippen molar-refractivity contribution < 1.29 is 9.53 Å². The Morgan fingerprint density at radius 3 is 2.17 bits per heavy atom. The maximum atomic E-state index is 10.9. The summed E-state index contributed by atoms with van der Waals surface area (Å²) >= 11 is 0. The van der Waals surface area contributed by atoms with Crippen molar-refractivity contribution in [3.63, 3.8) is 0 Å². The van der Waals surface area contributed by atoms with Gasteiger partial charge in [0.2, 0.25) is 0 Å². The Morgan fingerprint density at radius 2 is 1.83 bits per heavy atom. The zero-order chi connectivity index (χ0) is 9.78. The van der Waals surface area contributed by atoms with Crippen LogP contribution in [0.15, 0.2) is 12.3 Å². The van der Waals surface area contributed by atoms with E-state index in [1.807, 2.05) is 0 Å². The monoisotopic (exact) mass is 172 g/mol. The van der Waals surface area contributed by atoms with Gasteiger partial charge >= 0.3 is 6.09 Å². The summed E-state index contributed by atoms with van der Waals surface area (Å²) in [6, 6.07) is 0. The number of nitrogens with one attached hydrogen (secondary N) is 2. The Morgan fingerprint density at radius 1 is 1.33 bits per heavy atom. The molecule has 70 valence electrons. The van der Waals surface area contributed by atoms with E-state index in [4.69, 9.17) is 4.74 Å². The van der Waals surface area contributed by atoms with Crippen molar-refractivity contribution in [2.75, 3.05) is 0 Å². The summed E-state index contributed by atoms with van der Waals surface area (Å²) in [5, 5.41) is 0. The molecule has 1 amide bonds. The first-order valence-corrected chi connectivity index (χ1v) is 3.72. The van der Waals surface area contributed by atoms with Crippen molar-refractivity contribution in [3.8, 4) is 0 Å². The van der Waals surface area contributed by atoms with E-state index in [1.165, 1.54) is 0 Å². The van der Waals surface area contributed by atoms with Gasteiger partial charge in [-0.25, -0.2) is 10.2 Å². The molecule has 2 N–H and O–H groups in total. The van der Waals surface area contributed by atoms with Gasteiger partial charge in [-0.05, 0) is 27.7 Å². The summed E-state index contributed by atoms with van der Waals surface area (Å²) in [6.45, 7) is 10.7. The number of ether oxygens (including phenoxy) is 1. The summed E-state index contributed by atoms with van der Waals surface area (Å²) < 4.78 is 4.93. The molecule has 0 heterocycles. The maximum absolute atomic E-state index is 10.9.